The summed E-state index contributed by atoms with van der Waals surface area (Å²) in [6.45, 7) is 2.09. The molecule has 2 N–H and O–H groups in total. The van der Waals surface area contributed by atoms with Gasteiger partial charge >= 0.3 is 6.03 Å². The number of anilines is 1. The number of urea groups is 1. The maximum Gasteiger partial charge on any atom is 0.319 e. The van der Waals surface area contributed by atoms with Crippen molar-refractivity contribution in [2.45, 2.75) is 12.5 Å². The lowest BCUT2D eigenvalue weighted by Crippen LogP contribution is -2.30. The Morgan fingerprint density at radius 2 is 1.95 bits per heavy atom. The molecule has 0 unspecified atom stereocenters. The van der Waals surface area contributed by atoms with Crippen LogP contribution in [-0.4, -0.2) is 52.7 Å². The largest absolute Gasteiger partial charge is 0.382 e. The Bertz CT molecular complexity index is 428. The number of hydrogen-bond donors (Lipinski definition) is 2. The van der Waals surface area contributed by atoms with Crippen LogP contribution in [0.3, 0.4) is 0 Å². The molecule has 1 aromatic carbocycles. The lowest BCUT2D eigenvalue weighted by atomic mass is 10.3. The van der Waals surface area contributed by atoms with Crippen LogP contribution in [0.5, 0.6) is 0 Å². The van der Waals surface area contributed by atoms with Crippen LogP contribution in [-0.2, 0) is 14.2 Å². The summed E-state index contributed by atoms with van der Waals surface area (Å²) in [7, 11) is 3.25. The number of nitrogens with one attached hydrogen (secondary N) is 2. The number of benzene rings is 1. The van der Waals surface area contributed by atoms with Crippen LogP contribution in [0.2, 0.25) is 0 Å². The summed E-state index contributed by atoms with van der Waals surface area (Å²) in [4.78, 5) is 11.7. The van der Waals surface area contributed by atoms with Gasteiger partial charge in [0.1, 0.15) is 6.10 Å². The van der Waals surface area contributed by atoms with Gasteiger partial charge in [-0.2, -0.15) is 0 Å². The Kier molecular flexibility index (Phi) is 9.81. The number of amides is 2. The van der Waals surface area contributed by atoms with Crippen LogP contribution in [0, 0.1) is 0 Å². The molecular formula is C15H23BrN2O4. The minimum absolute atomic E-state index is 0.0568. The number of ether oxygens (including phenoxy) is 3. The molecule has 124 valence electrons. The summed E-state index contributed by atoms with van der Waals surface area (Å²) in [5.74, 6) is 0. The molecule has 0 heterocycles. The van der Waals surface area contributed by atoms with E-state index in [1.54, 1.807) is 14.2 Å². The molecule has 0 fully saturated rings. The average molecular weight is 375 g/mol. The zero-order chi connectivity index (χ0) is 16.2. The van der Waals surface area contributed by atoms with Gasteiger partial charge in [-0.3, -0.25) is 0 Å². The molecule has 0 aliphatic rings. The maximum atomic E-state index is 11.7. The summed E-state index contributed by atoms with van der Waals surface area (Å²) in [6, 6.07) is 7.17. The molecule has 0 bridgehead atoms. The van der Waals surface area contributed by atoms with E-state index in [1.807, 2.05) is 24.3 Å². The molecule has 0 aliphatic heterocycles. The van der Waals surface area contributed by atoms with Gasteiger partial charge in [0.2, 0.25) is 0 Å². The van der Waals surface area contributed by atoms with Crippen molar-refractivity contribution in [2.24, 2.45) is 0 Å². The van der Waals surface area contributed by atoms with Crippen molar-refractivity contribution >= 4 is 27.6 Å². The number of carbonyl (C=O) groups is 1. The molecule has 0 saturated carbocycles. The Morgan fingerprint density at radius 3 is 2.59 bits per heavy atom. The first kappa shape index (κ1) is 18.9. The third-order valence-electron chi connectivity index (χ3n) is 2.84. The molecule has 0 saturated heterocycles. The van der Waals surface area contributed by atoms with E-state index in [1.165, 1.54) is 0 Å². The maximum absolute atomic E-state index is 11.7. The van der Waals surface area contributed by atoms with Crippen molar-refractivity contribution in [1.29, 1.82) is 0 Å². The van der Waals surface area contributed by atoms with Gasteiger partial charge in [0.15, 0.2) is 0 Å². The molecule has 1 atom stereocenters. The van der Waals surface area contributed by atoms with Crippen LogP contribution in [0.1, 0.15) is 6.42 Å². The zero-order valence-corrected chi connectivity index (χ0v) is 14.5. The summed E-state index contributed by atoms with van der Waals surface area (Å²) in [5.41, 5.74) is 0.749. The third kappa shape index (κ3) is 8.33. The second-order valence-corrected chi connectivity index (χ2v) is 5.54. The standard InChI is InChI=1S/C15H23BrN2O4/c1-20-10-14(21-2)11-22-9-3-8-17-15(19)18-13-6-4-12(16)5-7-13/h4-7,14H,3,8-11H2,1-2H3,(H2,17,18,19)/t14-/m0/s1. The second kappa shape index (κ2) is 11.4. The Labute approximate surface area is 139 Å². The normalized spacial score (nSPS) is 12.0. The second-order valence-electron chi connectivity index (χ2n) is 4.63. The predicted molar refractivity (Wildman–Crippen MR) is 89.3 cm³/mol. The van der Waals surface area contributed by atoms with E-state index in [0.29, 0.717) is 26.4 Å². The first-order chi connectivity index (χ1) is 10.7. The van der Waals surface area contributed by atoms with Crippen molar-refractivity contribution in [3.63, 3.8) is 0 Å². The Balaban J connectivity index is 2.06. The highest BCUT2D eigenvalue weighted by atomic mass is 79.9. The highest BCUT2D eigenvalue weighted by Crippen LogP contribution is 2.13. The monoisotopic (exact) mass is 374 g/mol. The first-order valence-electron chi connectivity index (χ1n) is 7.05. The van der Waals surface area contributed by atoms with Gasteiger partial charge in [0, 0.05) is 37.5 Å². The molecule has 0 aromatic heterocycles. The van der Waals surface area contributed by atoms with Crippen molar-refractivity contribution in [3.8, 4) is 0 Å². The summed E-state index contributed by atoms with van der Waals surface area (Å²) < 4.78 is 16.6. The molecule has 1 rings (SSSR count). The van der Waals surface area contributed by atoms with E-state index in [0.717, 1.165) is 16.6 Å². The van der Waals surface area contributed by atoms with E-state index >= 15 is 0 Å². The Hall–Kier alpha value is -1.15. The lowest BCUT2D eigenvalue weighted by molar-refractivity contribution is -0.0304. The summed E-state index contributed by atoms with van der Waals surface area (Å²) in [5, 5.41) is 5.53. The van der Waals surface area contributed by atoms with Gasteiger partial charge in [-0.1, -0.05) is 15.9 Å². The van der Waals surface area contributed by atoms with Crippen LogP contribution >= 0.6 is 15.9 Å². The van der Waals surface area contributed by atoms with Crippen molar-refractivity contribution in [2.75, 3.05) is 45.9 Å². The van der Waals surface area contributed by atoms with E-state index in [2.05, 4.69) is 26.6 Å². The summed E-state index contributed by atoms with van der Waals surface area (Å²) in [6.07, 6.45) is 0.677. The smallest absolute Gasteiger partial charge is 0.319 e. The molecule has 22 heavy (non-hydrogen) atoms. The first-order valence-corrected chi connectivity index (χ1v) is 7.85. The quantitative estimate of drug-likeness (QED) is 0.617. The SMILES string of the molecule is COC[C@@H](COCCCNC(=O)Nc1ccc(Br)cc1)OC. The van der Waals surface area contributed by atoms with Crippen LogP contribution < -0.4 is 10.6 Å². The topological polar surface area (TPSA) is 68.8 Å². The van der Waals surface area contributed by atoms with Crippen molar-refractivity contribution in [3.05, 3.63) is 28.7 Å². The van der Waals surface area contributed by atoms with Gasteiger partial charge < -0.3 is 24.8 Å². The van der Waals surface area contributed by atoms with E-state index in [4.69, 9.17) is 14.2 Å². The fourth-order valence-electron chi connectivity index (χ4n) is 1.67. The van der Waals surface area contributed by atoms with Crippen LogP contribution in [0.25, 0.3) is 0 Å². The molecule has 0 radical (unpaired) electrons. The fourth-order valence-corrected chi connectivity index (χ4v) is 1.93. The van der Waals surface area contributed by atoms with Gasteiger partial charge in [0.05, 0.1) is 13.2 Å². The number of rotatable bonds is 10. The van der Waals surface area contributed by atoms with Gasteiger partial charge in [-0.05, 0) is 30.7 Å². The van der Waals surface area contributed by atoms with Crippen molar-refractivity contribution < 1.29 is 19.0 Å². The molecular weight excluding hydrogens is 352 g/mol. The van der Waals surface area contributed by atoms with Gasteiger partial charge in [-0.15, -0.1) is 0 Å². The van der Waals surface area contributed by atoms with Crippen LogP contribution in [0.4, 0.5) is 10.5 Å². The lowest BCUT2D eigenvalue weighted by Gasteiger charge is -2.14. The predicted octanol–water partition coefficient (Wildman–Crippen LogP) is 2.64. The van der Waals surface area contributed by atoms with Crippen molar-refractivity contribution in [1.82, 2.24) is 5.32 Å². The number of methoxy groups -OCH3 is 2. The third-order valence-corrected chi connectivity index (χ3v) is 3.37. The Morgan fingerprint density at radius 1 is 1.23 bits per heavy atom. The van der Waals surface area contributed by atoms with E-state index in [-0.39, 0.29) is 12.1 Å². The molecule has 1 aromatic rings. The highest BCUT2D eigenvalue weighted by Gasteiger charge is 2.06. The molecule has 7 heteroatoms. The van der Waals surface area contributed by atoms with Gasteiger partial charge in [-0.25, -0.2) is 4.79 Å². The zero-order valence-electron chi connectivity index (χ0n) is 12.9. The molecule has 2 amide bonds. The highest BCUT2D eigenvalue weighted by molar-refractivity contribution is 9.10. The fraction of sp³-hybridized carbons (Fsp3) is 0.533. The van der Waals surface area contributed by atoms with Crippen LogP contribution in [0.15, 0.2) is 28.7 Å². The minimum atomic E-state index is -0.225. The summed E-state index contributed by atoms with van der Waals surface area (Å²) >= 11 is 3.34. The average Bonchev–Trinajstić information content (AvgIpc) is 2.51. The number of halogens is 1. The van der Waals surface area contributed by atoms with E-state index in [9.17, 15) is 4.79 Å². The number of hydrogen-bond acceptors (Lipinski definition) is 4. The minimum Gasteiger partial charge on any atom is -0.382 e. The van der Waals surface area contributed by atoms with Gasteiger partial charge in [0.25, 0.3) is 0 Å². The molecule has 6 nitrogen and oxygen atoms in total. The molecule has 0 spiro atoms. The van der Waals surface area contributed by atoms with E-state index < -0.39 is 0 Å². The number of carbonyl (C=O) groups excluding carboxylic acids is 1. The molecule has 0 aliphatic carbocycles.